The predicted octanol–water partition coefficient (Wildman–Crippen LogP) is 3.74. The standard InChI is InChI=1S/C16H12F2O2/c17-12-7-11(8-13(18)9-12)16(19)10-1-3-14(4-2-10)20-15-5-6-15/h1-4,7-9,15H,5-6H2. The van der Waals surface area contributed by atoms with E-state index in [2.05, 4.69) is 0 Å². The number of hydrogen-bond donors (Lipinski definition) is 0. The van der Waals surface area contributed by atoms with Crippen LogP contribution in [0.5, 0.6) is 5.75 Å². The molecule has 1 saturated carbocycles. The first-order valence-corrected chi connectivity index (χ1v) is 6.39. The van der Waals surface area contributed by atoms with Crippen LogP contribution in [0, 0.1) is 11.6 Å². The van der Waals surface area contributed by atoms with Crippen LogP contribution in [0.15, 0.2) is 42.5 Å². The van der Waals surface area contributed by atoms with Crippen LogP contribution in [0.2, 0.25) is 0 Å². The van der Waals surface area contributed by atoms with Gasteiger partial charge in [0.25, 0.3) is 0 Å². The number of benzene rings is 2. The molecule has 0 aliphatic heterocycles. The smallest absolute Gasteiger partial charge is 0.193 e. The molecule has 0 heterocycles. The average Bonchev–Trinajstić information content (AvgIpc) is 3.22. The maximum atomic E-state index is 13.1. The van der Waals surface area contributed by atoms with Crippen LogP contribution in [-0.4, -0.2) is 11.9 Å². The first-order valence-electron chi connectivity index (χ1n) is 6.39. The summed E-state index contributed by atoms with van der Waals surface area (Å²) in [7, 11) is 0. The molecule has 0 atom stereocenters. The fourth-order valence-electron chi connectivity index (χ4n) is 1.91. The lowest BCUT2D eigenvalue weighted by atomic mass is 10.0. The number of hydrogen-bond acceptors (Lipinski definition) is 2. The molecule has 102 valence electrons. The van der Waals surface area contributed by atoms with Crippen LogP contribution >= 0.6 is 0 Å². The van der Waals surface area contributed by atoms with Crippen molar-refractivity contribution in [2.45, 2.75) is 18.9 Å². The van der Waals surface area contributed by atoms with Gasteiger partial charge in [-0.3, -0.25) is 4.79 Å². The van der Waals surface area contributed by atoms with Crippen LogP contribution in [0.4, 0.5) is 8.78 Å². The first-order chi connectivity index (χ1) is 9.61. The normalized spacial score (nSPS) is 14.1. The van der Waals surface area contributed by atoms with Gasteiger partial charge in [-0.15, -0.1) is 0 Å². The molecule has 2 aromatic rings. The second-order valence-electron chi connectivity index (χ2n) is 4.83. The molecule has 4 heteroatoms. The van der Waals surface area contributed by atoms with Crippen molar-refractivity contribution in [1.29, 1.82) is 0 Å². The monoisotopic (exact) mass is 274 g/mol. The highest BCUT2D eigenvalue weighted by molar-refractivity contribution is 6.09. The number of carbonyl (C=O) groups excluding carboxylic acids is 1. The van der Waals surface area contributed by atoms with Crippen molar-refractivity contribution >= 4 is 5.78 Å². The van der Waals surface area contributed by atoms with Gasteiger partial charge in [0.15, 0.2) is 5.78 Å². The van der Waals surface area contributed by atoms with Crippen molar-refractivity contribution in [3.63, 3.8) is 0 Å². The van der Waals surface area contributed by atoms with E-state index in [9.17, 15) is 13.6 Å². The largest absolute Gasteiger partial charge is 0.490 e. The van der Waals surface area contributed by atoms with E-state index in [0.29, 0.717) is 11.3 Å². The van der Waals surface area contributed by atoms with E-state index >= 15 is 0 Å². The van der Waals surface area contributed by atoms with Gasteiger partial charge in [0.1, 0.15) is 17.4 Å². The zero-order valence-electron chi connectivity index (χ0n) is 10.6. The van der Waals surface area contributed by atoms with Crippen molar-refractivity contribution < 1.29 is 18.3 Å². The Morgan fingerprint density at radius 2 is 1.55 bits per heavy atom. The molecule has 1 aliphatic carbocycles. The summed E-state index contributed by atoms with van der Waals surface area (Å²) < 4.78 is 31.8. The summed E-state index contributed by atoms with van der Waals surface area (Å²) in [5.74, 6) is -1.24. The minimum atomic E-state index is -0.762. The quantitative estimate of drug-likeness (QED) is 0.794. The number of ether oxygens (including phenoxy) is 1. The first kappa shape index (κ1) is 12.8. The second kappa shape index (κ2) is 5.04. The maximum Gasteiger partial charge on any atom is 0.193 e. The van der Waals surface area contributed by atoms with Gasteiger partial charge in [-0.05, 0) is 49.2 Å². The molecule has 0 saturated heterocycles. The molecule has 3 rings (SSSR count). The average molecular weight is 274 g/mol. The summed E-state index contributed by atoms with van der Waals surface area (Å²) in [6, 6.07) is 9.39. The summed E-state index contributed by atoms with van der Waals surface area (Å²) in [4.78, 5) is 12.1. The fraction of sp³-hybridized carbons (Fsp3) is 0.188. The van der Waals surface area contributed by atoms with E-state index in [1.807, 2.05) is 0 Å². The molecule has 0 radical (unpaired) electrons. The molecule has 20 heavy (non-hydrogen) atoms. The zero-order chi connectivity index (χ0) is 14.1. The molecule has 0 spiro atoms. The van der Waals surface area contributed by atoms with Crippen LogP contribution in [-0.2, 0) is 0 Å². The second-order valence-corrected chi connectivity index (χ2v) is 4.83. The SMILES string of the molecule is O=C(c1ccc(OC2CC2)cc1)c1cc(F)cc(F)c1. The Labute approximate surface area is 115 Å². The van der Waals surface area contributed by atoms with Crippen LogP contribution < -0.4 is 4.74 Å². The highest BCUT2D eigenvalue weighted by atomic mass is 19.1. The summed E-state index contributed by atoms with van der Waals surface area (Å²) in [5, 5.41) is 0. The third-order valence-corrected chi connectivity index (χ3v) is 3.07. The summed E-state index contributed by atoms with van der Waals surface area (Å²) in [6.07, 6.45) is 2.40. The Balaban J connectivity index is 1.81. The molecule has 1 fully saturated rings. The van der Waals surface area contributed by atoms with Gasteiger partial charge in [-0.2, -0.15) is 0 Å². The number of halogens is 2. The maximum absolute atomic E-state index is 13.1. The van der Waals surface area contributed by atoms with Crippen molar-refractivity contribution in [2.75, 3.05) is 0 Å². The van der Waals surface area contributed by atoms with Crippen LogP contribution in [0.1, 0.15) is 28.8 Å². The zero-order valence-corrected chi connectivity index (χ0v) is 10.6. The lowest BCUT2D eigenvalue weighted by Crippen LogP contribution is -2.03. The highest BCUT2D eigenvalue weighted by Crippen LogP contribution is 2.27. The molecule has 2 nitrogen and oxygen atoms in total. The molecule has 0 bridgehead atoms. The van der Waals surface area contributed by atoms with Crippen LogP contribution in [0.25, 0.3) is 0 Å². The molecular weight excluding hydrogens is 262 g/mol. The van der Waals surface area contributed by atoms with Crippen LogP contribution in [0.3, 0.4) is 0 Å². The Hall–Kier alpha value is -2.23. The Bertz CT molecular complexity index is 626. The Kier molecular flexibility index (Phi) is 3.22. The third-order valence-electron chi connectivity index (χ3n) is 3.07. The third kappa shape index (κ3) is 2.85. The van der Waals surface area contributed by atoms with E-state index in [1.165, 1.54) is 0 Å². The van der Waals surface area contributed by atoms with Crippen molar-refractivity contribution in [3.05, 3.63) is 65.2 Å². The Morgan fingerprint density at radius 3 is 2.10 bits per heavy atom. The van der Waals surface area contributed by atoms with Crippen molar-refractivity contribution in [3.8, 4) is 5.75 Å². The predicted molar refractivity (Wildman–Crippen MR) is 69.9 cm³/mol. The van der Waals surface area contributed by atoms with E-state index in [4.69, 9.17) is 4.74 Å². The molecule has 1 aliphatic rings. The lowest BCUT2D eigenvalue weighted by molar-refractivity contribution is 0.103. The minimum Gasteiger partial charge on any atom is -0.490 e. The molecule has 0 aromatic heterocycles. The fourth-order valence-corrected chi connectivity index (χ4v) is 1.91. The number of ketones is 1. The molecule has 2 aromatic carbocycles. The Morgan fingerprint density at radius 1 is 0.950 bits per heavy atom. The van der Waals surface area contributed by atoms with E-state index in [0.717, 1.165) is 31.0 Å². The van der Waals surface area contributed by atoms with E-state index in [-0.39, 0.29) is 11.7 Å². The van der Waals surface area contributed by atoms with E-state index < -0.39 is 17.4 Å². The lowest BCUT2D eigenvalue weighted by Gasteiger charge is -2.06. The summed E-state index contributed by atoms with van der Waals surface area (Å²) >= 11 is 0. The topological polar surface area (TPSA) is 26.3 Å². The van der Waals surface area contributed by atoms with Gasteiger partial charge in [0.2, 0.25) is 0 Å². The van der Waals surface area contributed by atoms with Gasteiger partial charge in [-0.25, -0.2) is 8.78 Å². The number of carbonyl (C=O) groups is 1. The van der Waals surface area contributed by atoms with Gasteiger partial charge < -0.3 is 4.74 Å². The van der Waals surface area contributed by atoms with Gasteiger partial charge in [-0.1, -0.05) is 0 Å². The molecule has 0 N–H and O–H groups in total. The highest BCUT2D eigenvalue weighted by Gasteiger charge is 2.23. The molecule has 0 amide bonds. The molecular formula is C16H12F2O2. The number of rotatable bonds is 4. The summed E-state index contributed by atoms with van der Waals surface area (Å²) in [6.45, 7) is 0. The minimum absolute atomic E-state index is 0.00152. The van der Waals surface area contributed by atoms with Gasteiger partial charge in [0, 0.05) is 17.2 Å². The van der Waals surface area contributed by atoms with Crippen molar-refractivity contribution in [1.82, 2.24) is 0 Å². The van der Waals surface area contributed by atoms with Gasteiger partial charge in [0.05, 0.1) is 6.10 Å². The van der Waals surface area contributed by atoms with Crippen molar-refractivity contribution in [2.24, 2.45) is 0 Å². The molecule has 0 unspecified atom stereocenters. The van der Waals surface area contributed by atoms with E-state index in [1.54, 1.807) is 24.3 Å². The summed E-state index contributed by atoms with van der Waals surface area (Å²) in [5.41, 5.74) is 0.372. The van der Waals surface area contributed by atoms with Gasteiger partial charge >= 0.3 is 0 Å².